The maximum absolute atomic E-state index is 13.5. The van der Waals surface area contributed by atoms with Crippen LogP contribution in [0.15, 0.2) is 47.4 Å². The van der Waals surface area contributed by atoms with Crippen LogP contribution < -0.4 is 0 Å². The summed E-state index contributed by atoms with van der Waals surface area (Å²) in [5, 5.41) is 1.06. The van der Waals surface area contributed by atoms with E-state index >= 15 is 0 Å². The van der Waals surface area contributed by atoms with Gasteiger partial charge < -0.3 is 0 Å². The molecule has 0 aromatic heterocycles. The van der Waals surface area contributed by atoms with Gasteiger partial charge in [0.05, 0.1) is 5.75 Å². The summed E-state index contributed by atoms with van der Waals surface area (Å²) in [5.41, 5.74) is 0.328. The van der Waals surface area contributed by atoms with Gasteiger partial charge in [0.2, 0.25) is 0 Å². The number of hydrogen-bond donors (Lipinski definition) is 0. The van der Waals surface area contributed by atoms with Crippen LogP contribution >= 0.6 is 35.0 Å². The van der Waals surface area contributed by atoms with Gasteiger partial charge in [-0.15, -0.1) is 11.8 Å². The van der Waals surface area contributed by atoms with Crippen LogP contribution in [0.4, 0.5) is 4.39 Å². The van der Waals surface area contributed by atoms with Crippen molar-refractivity contribution in [2.45, 2.75) is 11.3 Å². The molecule has 2 aromatic rings. The Morgan fingerprint density at radius 1 is 1.10 bits per heavy atom. The van der Waals surface area contributed by atoms with Crippen molar-refractivity contribution in [1.29, 1.82) is 0 Å². The topological polar surface area (TPSA) is 17.1 Å². The minimum atomic E-state index is -0.407. The molecule has 5 heteroatoms. The fraction of sp³-hybridized carbons (Fsp3) is 0.133. The Labute approximate surface area is 131 Å². The molecule has 0 saturated heterocycles. The highest BCUT2D eigenvalue weighted by Crippen LogP contribution is 2.22. The summed E-state index contributed by atoms with van der Waals surface area (Å²) in [7, 11) is 0. The third-order valence-electron chi connectivity index (χ3n) is 2.59. The second-order valence-corrected chi connectivity index (χ2v) is 6.12. The van der Waals surface area contributed by atoms with E-state index in [2.05, 4.69) is 0 Å². The normalized spacial score (nSPS) is 10.6. The van der Waals surface area contributed by atoms with Crippen molar-refractivity contribution in [3.05, 3.63) is 63.9 Å². The van der Waals surface area contributed by atoms with Crippen LogP contribution in [0.3, 0.4) is 0 Å². The monoisotopic (exact) mass is 328 g/mol. The van der Waals surface area contributed by atoms with Gasteiger partial charge in [0, 0.05) is 21.4 Å². The molecule has 0 spiro atoms. The highest BCUT2D eigenvalue weighted by molar-refractivity contribution is 8.00. The van der Waals surface area contributed by atoms with E-state index in [9.17, 15) is 9.18 Å². The Morgan fingerprint density at radius 3 is 2.60 bits per heavy atom. The lowest BCUT2D eigenvalue weighted by atomic mass is 10.1. The summed E-state index contributed by atoms with van der Waals surface area (Å²) in [4.78, 5) is 12.8. The quantitative estimate of drug-likeness (QED) is 0.715. The molecule has 0 aliphatic rings. The van der Waals surface area contributed by atoms with E-state index in [4.69, 9.17) is 23.2 Å². The Morgan fingerprint density at radius 2 is 1.85 bits per heavy atom. The minimum absolute atomic E-state index is 0.0416. The van der Waals surface area contributed by atoms with Crippen LogP contribution in [0.2, 0.25) is 10.0 Å². The lowest BCUT2D eigenvalue weighted by Gasteiger charge is -2.04. The van der Waals surface area contributed by atoms with Crippen LogP contribution in [-0.4, -0.2) is 11.5 Å². The molecule has 0 amide bonds. The van der Waals surface area contributed by atoms with Gasteiger partial charge in [-0.25, -0.2) is 4.39 Å². The number of halogens is 3. The van der Waals surface area contributed by atoms with E-state index in [1.807, 2.05) is 12.1 Å². The van der Waals surface area contributed by atoms with E-state index < -0.39 is 5.82 Å². The zero-order chi connectivity index (χ0) is 14.5. The predicted molar refractivity (Wildman–Crippen MR) is 82.3 cm³/mol. The first kappa shape index (κ1) is 15.4. The van der Waals surface area contributed by atoms with Crippen molar-refractivity contribution in [3.8, 4) is 0 Å². The van der Waals surface area contributed by atoms with Gasteiger partial charge in [-0.3, -0.25) is 4.79 Å². The van der Waals surface area contributed by atoms with Crippen molar-refractivity contribution in [1.82, 2.24) is 0 Å². The first-order valence-corrected chi connectivity index (χ1v) is 7.63. The fourth-order valence-corrected chi connectivity index (χ4v) is 2.93. The standard InChI is InChI=1S/C15H11Cl2FOS/c16-11-2-1-3-14(8-11)20-9-13(19)7-10-6-12(17)4-5-15(10)18/h1-6,8H,7,9H2. The number of benzene rings is 2. The zero-order valence-electron chi connectivity index (χ0n) is 10.4. The minimum Gasteiger partial charge on any atom is -0.298 e. The molecule has 0 heterocycles. The van der Waals surface area contributed by atoms with Crippen LogP contribution in [0.5, 0.6) is 0 Å². The van der Waals surface area contributed by atoms with Crippen LogP contribution in [0, 0.1) is 5.82 Å². The summed E-state index contributed by atoms with van der Waals surface area (Å²) in [6.07, 6.45) is 0.0416. The van der Waals surface area contributed by atoms with Crippen molar-refractivity contribution in [3.63, 3.8) is 0 Å². The van der Waals surface area contributed by atoms with E-state index in [0.717, 1.165) is 4.90 Å². The molecule has 2 aromatic carbocycles. The number of thioether (sulfide) groups is 1. The maximum Gasteiger partial charge on any atom is 0.147 e. The molecule has 0 atom stereocenters. The lowest BCUT2D eigenvalue weighted by molar-refractivity contribution is -0.116. The van der Waals surface area contributed by atoms with E-state index in [0.29, 0.717) is 15.6 Å². The molecule has 0 radical (unpaired) electrons. The molecular weight excluding hydrogens is 318 g/mol. The van der Waals surface area contributed by atoms with Crippen molar-refractivity contribution < 1.29 is 9.18 Å². The summed E-state index contributed by atoms with van der Waals surface area (Å²) in [6, 6.07) is 11.5. The first-order valence-electron chi connectivity index (χ1n) is 5.88. The summed E-state index contributed by atoms with van der Waals surface area (Å²) in [6.45, 7) is 0. The van der Waals surface area contributed by atoms with Gasteiger partial charge in [-0.2, -0.15) is 0 Å². The second-order valence-electron chi connectivity index (χ2n) is 4.20. The number of Topliss-reactive ketones (excluding diaryl/α,β-unsaturated/α-hetero) is 1. The lowest BCUT2D eigenvalue weighted by Crippen LogP contribution is -2.07. The average Bonchev–Trinajstić information content (AvgIpc) is 2.41. The third-order valence-corrected chi connectivity index (χ3v) is 4.12. The summed E-state index contributed by atoms with van der Waals surface area (Å²) >= 11 is 13.0. The molecule has 0 bridgehead atoms. The van der Waals surface area contributed by atoms with Gasteiger partial charge in [-0.1, -0.05) is 29.3 Å². The SMILES string of the molecule is O=C(CSc1cccc(Cl)c1)Cc1cc(Cl)ccc1F. The Balaban J connectivity index is 1.94. The molecule has 104 valence electrons. The van der Waals surface area contributed by atoms with Gasteiger partial charge in [0.15, 0.2) is 0 Å². The highest BCUT2D eigenvalue weighted by atomic mass is 35.5. The summed E-state index contributed by atoms with van der Waals surface area (Å²) < 4.78 is 13.5. The van der Waals surface area contributed by atoms with Crippen molar-refractivity contribution >= 4 is 40.7 Å². The van der Waals surface area contributed by atoms with Crippen LogP contribution in [0.25, 0.3) is 0 Å². The largest absolute Gasteiger partial charge is 0.298 e. The molecule has 1 nitrogen and oxygen atoms in total. The predicted octanol–water partition coefficient (Wildman–Crippen LogP) is 5.04. The molecular formula is C15H11Cl2FOS. The zero-order valence-corrected chi connectivity index (χ0v) is 12.7. The molecule has 20 heavy (non-hydrogen) atoms. The molecule has 0 unspecified atom stereocenters. The number of rotatable bonds is 5. The Hall–Kier alpha value is -1.03. The molecule has 2 rings (SSSR count). The van der Waals surface area contributed by atoms with Crippen molar-refractivity contribution in [2.75, 3.05) is 5.75 Å². The maximum atomic E-state index is 13.5. The molecule has 0 fully saturated rings. The Kier molecular flexibility index (Phi) is 5.46. The molecule has 0 aliphatic carbocycles. The van der Waals surface area contributed by atoms with Gasteiger partial charge >= 0.3 is 0 Å². The third kappa shape index (κ3) is 4.51. The van der Waals surface area contributed by atoms with E-state index in [1.165, 1.54) is 30.0 Å². The van der Waals surface area contributed by atoms with Crippen LogP contribution in [-0.2, 0) is 11.2 Å². The molecule has 0 aliphatic heterocycles. The highest BCUT2D eigenvalue weighted by Gasteiger charge is 2.09. The van der Waals surface area contributed by atoms with E-state index in [-0.39, 0.29) is 18.0 Å². The van der Waals surface area contributed by atoms with Gasteiger partial charge in [0.1, 0.15) is 11.6 Å². The van der Waals surface area contributed by atoms with Gasteiger partial charge in [-0.05, 0) is 42.0 Å². The Bertz CT molecular complexity index is 631. The average molecular weight is 329 g/mol. The fourth-order valence-electron chi connectivity index (χ4n) is 1.66. The van der Waals surface area contributed by atoms with Crippen molar-refractivity contribution in [2.24, 2.45) is 0 Å². The first-order chi connectivity index (χ1) is 9.54. The number of ketones is 1. The summed E-state index contributed by atoms with van der Waals surface area (Å²) in [5.74, 6) is -0.196. The van der Waals surface area contributed by atoms with Crippen LogP contribution in [0.1, 0.15) is 5.56 Å². The molecule has 0 saturated carbocycles. The number of hydrogen-bond acceptors (Lipinski definition) is 2. The second kappa shape index (κ2) is 7.11. The number of carbonyl (C=O) groups is 1. The molecule has 0 N–H and O–H groups in total. The van der Waals surface area contributed by atoms with E-state index in [1.54, 1.807) is 12.1 Å². The number of carbonyl (C=O) groups excluding carboxylic acids is 1. The van der Waals surface area contributed by atoms with Gasteiger partial charge in [0.25, 0.3) is 0 Å². The smallest absolute Gasteiger partial charge is 0.147 e.